The molecule has 3 heteroatoms. The van der Waals surface area contributed by atoms with Crippen molar-refractivity contribution < 1.29 is 9.53 Å². The SMILES string of the molecule is CCCCCC[C@@H](C)NC(=O)CCOC. The maximum absolute atomic E-state index is 11.3. The van der Waals surface area contributed by atoms with Gasteiger partial charge in [0.25, 0.3) is 0 Å². The van der Waals surface area contributed by atoms with Crippen molar-refractivity contribution in [3.8, 4) is 0 Å². The summed E-state index contributed by atoms with van der Waals surface area (Å²) in [5.74, 6) is 0.0971. The molecule has 0 bridgehead atoms. The van der Waals surface area contributed by atoms with Crippen LogP contribution in [0, 0.1) is 0 Å². The van der Waals surface area contributed by atoms with E-state index in [1.54, 1.807) is 7.11 Å². The second-order valence-corrected chi connectivity index (χ2v) is 4.06. The Balaban J connectivity index is 3.38. The van der Waals surface area contributed by atoms with Crippen LogP contribution in [0.25, 0.3) is 0 Å². The van der Waals surface area contributed by atoms with E-state index in [0.29, 0.717) is 19.1 Å². The number of methoxy groups -OCH3 is 1. The van der Waals surface area contributed by atoms with Gasteiger partial charge in [-0.1, -0.05) is 32.6 Å². The third-order valence-electron chi connectivity index (χ3n) is 2.43. The third-order valence-corrected chi connectivity index (χ3v) is 2.43. The van der Waals surface area contributed by atoms with Crippen molar-refractivity contribution in [1.82, 2.24) is 5.32 Å². The number of hydrogen-bond donors (Lipinski definition) is 1. The van der Waals surface area contributed by atoms with E-state index in [1.807, 2.05) is 0 Å². The average molecular weight is 215 g/mol. The fraction of sp³-hybridized carbons (Fsp3) is 0.917. The van der Waals surface area contributed by atoms with Gasteiger partial charge in [-0.25, -0.2) is 0 Å². The Bertz CT molecular complexity index is 160. The molecule has 0 rings (SSSR count). The van der Waals surface area contributed by atoms with Gasteiger partial charge in [0, 0.05) is 19.6 Å². The van der Waals surface area contributed by atoms with Crippen molar-refractivity contribution in [2.75, 3.05) is 13.7 Å². The molecule has 0 aliphatic carbocycles. The summed E-state index contributed by atoms with van der Waals surface area (Å²) < 4.78 is 4.85. The van der Waals surface area contributed by atoms with Gasteiger partial charge in [0.05, 0.1) is 6.61 Å². The zero-order chi connectivity index (χ0) is 11.5. The largest absolute Gasteiger partial charge is 0.384 e. The summed E-state index contributed by atoms with van der Waals surface area (Å²) >= 11 is 0. The molecule has 15 heavy (non-hydrogen) atoms. The number of amides is 1. The minimum absolute atomic E-state index is 0.0971. The van der Waals surface area contributed by atoms with Gasteiger partial charge in [0.15, 0.2) is 0 Å². The molecule has 1 amide bonds. The number of ether oxygens (including phenoxy) is 1. The van der Waals surface area contributed by atoms with Crippen LogP contribution >= 0.6 is 0 Å². The lowest BCUT2D eigenvalue weighted by Crippen LogP contribution is -2.32. The first kappa shape index (κ1) is 14.4. The number of rotatable bonds is 9. The Kier molecular flexibility index (Phi) is 9.59. The number of unbranched alkanes of at least 4 members (excludes halogenated alkanes) is 3. The molecular formula is C12H25NO2. The number of carbonyl (C=O) groups is 1. The van der Waals surface area contributed by atoms with Crippen LogP contribution in [0.4, 0.5) is 0 Å². The van der Waals surface area contributed by atoms with Crippen LogP contribution in [-0.2, 0) is 9.53 Å². The number of nitrogens with one attached hydrogen (secondary N) is 1. The highest BCUT2D eigenvalue weighted by molar-refractivity contribution is 5.76. The molecule has 0 saturated heterocycles. The fourth-order valence-corrected chi connectivity index (χ4v) is 1.49. The molecule has 3 nitrogen and oxygen atoms in total. The molecule has 1 N–H and O–H groups in total. The summed E-state index contributed by atoms with van der Waals surface area (Å²) in [7, 11) is 1.61. The zero-order valence-corrected chi connectivity index (χ0v) is 10.3. The fourth-order valence-electron chi connectivity index (χ4n) is 1.49. The topological polar surface area (TPSA) is 38.3 Å². The third kappa shape index (κ3) is 9.73. The molecule has 1 atom stereocenters. The van der Waals surface area contributed by atoms with Crippen LogP contribution < -0.4 is 5.32 Å². The highest BCUT2D eigenvalue weighted by Crippen LogP contribution is 2.05. The van der Waals surface area contributed by atoms with Crippen molar-refractivity contribution in [1.29, 1.82) is 0 Å². The molecule has 0 spiro atoms. The second kappa shape index (κ2) is 9.97. The zero-order valence-electron chi connectivity index (χ0n) is 10.3. The monoisotopic (exact) mass is 215 g/mol. The summed E-state index contributed by atoms with van der Waals surface area (Å²) in [5, 5.41) is 2.97. The Morgan fingerprint density at radius 3 is 2.67 bits per heavy atom. The molecule has 0 aliphatic heterocycles. The van der Waals surface area contributed by atoms with E-state index in [4.69, 9.17) is 4.74 Å². The van der Waals surface area contributed by atoms with Gasteiger partial charge < -0.3 is 10.1 Å². The minimum Gasteiger partial charge on any atom is -0.384 e. The highest BCUT2D eigenvalue weighted by Gasteiger charge is 2.06. The van der Waals surface area contributed by atoms with E-state index in [9.17, 15) is 4.79 Å². The summed E-state index contributed by atoms with van der Waals surface area (Å²) in [6.45, 7) is 4.78. The molecule has 0 heterocycles. The van der Waals surface area contributed by atoms with Gasteiger partial charge in [-0.3, -0.25) is 4.79 Å². The maximum Gasteiger partial charge on any atom is 0.222 e. The lowest BCUT2D eigenvalue weighted by Gasteiger charge is -2.13. The molecule has 90 valence electrons. The van der Waals surface area contributed by atoms with Crippen molar-refractivity contribution in [3.05, 3.63) is 0 Å². The molecule has 0 aromatic carbocycles. The molecule has 0 fully saturated rings. The molecule has 0 aromatic heterocycles. The van der Waals surface area contributed by atoms with E-state index in [-0.39, 0.29) is 5.91 Å². The molecular weight excluding hydrogens is 190 g/mol. The maximum atomic E-state index is 11.3. The Morgan fingerprint density at radius 2 is 2.07 bits per heavy atom. The van der Waals surface area contributed by atoms with Crippen molar-refractivity contribution in [2.45, 2.75) is 58.4 Å². The van der Waals surface area contributed by atoms with Crippen molar-refractivity contribution in [2.24, 2.45) is 0 Å². The highest BCUT2D eigenvalue weighted by atomic mass is 16.5. The molecule has 0 radical (unpaired) electrons. The van der Waals surface area contributed by atoms with E-state index >= 15 is 0 Å². The standard InChI is InChI=1S/C12H25NO2/c1-4-5-6-7-8-11(2)13-12(14)9-10-15-3/h11H,4-10H2,1-3H3,(H,13,14)/t11-/m1/s1. The predicted molar refractivity (Wildman–Crippen MR) is 62.9 cm³/mol. The van der Waals surface area contributed by atoms with Gasteiger partial charge in [-0.15, -0.1) is 0 Å². The summed E-state index contributed by atoms with van der Waals surface area (Å²) in [6.07, 6.45) is 6.59. The van der Waals surface area contributed by atoms with E-state index < -0.39 is 0 Å². The van der Waals surface area contributed by atoms with E-state index in [0.717, 1.165) is 6.42 Å². The molecule has 0 aliphatic rings. The van der Waals surface area contributed by atoms with Crippen molar-refractivity contribution >= 4 is 5.91 Å². The lowest BCUT2D eigenvalue weighted by atomic mass is 10.1. The van der Waals surface area contributed by atoms with Crippen LogP contribution in [0.15, 0.2) is 0 Å². The summed E-state index contributed by atoms with van der Waals surface area (Å²) in [6, 6.07) is 0.297. The molecule has 0 saturated carbocycles. The van der Waals surface area contributed by atoms with Gasteiger partial charge in [-0.05, 0) is 13.3 Å². The Hall–Kier alpha value is -0.570. The number of hydrogen-bond acceptors (Lipinski definition) is 2. The first-order valence-corrected chi connectivity index (χ1v) is 5.99. The predicted octanol–water partition coefficient (Wildman–Crippen LogP) is 2.50. The smallest absolute Gasteiger partial charge is 0.222 e. The van der Waals surface area contributed by atoms with Crippen LogP contribution in [-0.4, -0.2) is 25.7 Å². The van der Waals surface area contributed by atoms with Crippen LogP contribution in [0.2, 0.25) is 0 Å². The normalized spacial score (nSPS) is 12.5. The summed E-state index contributed by atoms with van der Waals surface area (Å²) in [4.78, 5) is 11.3. The van der Waals surface area contributed by atoms with Gasteiger partial charge in [0.1, 0.15) is 0 Å². The second-order valence-electron chi connectivity index (χ2n) is 4.06. The van der Waals surface area contributed by atoms with Crippen LogP contribution in [0.3, 0.4) is 0 Å². The average Bonchev–Trinajstić information content (AvgIpc) is 2.21. The Morgan fingerprint density at radius 1 is 1.33 bits per heavy atom. The van der Waals surface area contributed by atoms with E-state index in [2.05, 4.69) is 19.2 Å². The van der Waals surface area contributed by atoms with E-state index in [1.165, 1.54) is 25.7 Å². The quantitative estimate of drug-likeness (QED) is 0.600. The Labute approximate surface area is 93.6 Å². The molecule has 0 aromatic rings. The van der Waals surface area contributed by atoms with Crippen molar-refractivity contribution in [3.63, 3.8) is 0 Å². The van der Waals surface area contributed by atoms with Gasteiger partial charge in [-0.2, -0.15) is 0 Å². The van der Waals surface area contributed by atoms with Crippen LogP contribution in [0.1, 0.15) is 52.4 Å². The molecule has 0 unspecified atom stereocenters. The summed E-state index contributed by atoms with van der Waals surface area (Å²) in [5.41, 5.74) is 0. The number of carbonyl (C=O) groups excluding carboxylic acids is 1. The van der Waals surface area contributed by atoms with Crippen LogP contribution in [0.5, 0.6) is 0 Å². The van der Waals surface area contributed by atoms with Gasteiger partial charge in [0.2, 0.25) is 5.91 Å². The van der Waals surface area contributed by atoms with Gasteiger partial charge >= 0.3 is 0 Å². The first-order valence-electron chi connectivity index (χ1n) is 5.99. The lowest BCUT2D eigenvalue weighted by molar-refractivity contribution is -0.122. The first-order chi connectivity index (χ1) is 7.20. The minimum atomic E-state index is 0.0971.